The van der Waals surface area contributed by atoms with Crippen LogP contribution < -0.4 is 5.32 Å². The summed E-state index contributed by atoms with van der Waals surface area (Å²) in [5, 5.41) is 23.6. The maximum absolute atomic E-state index is 12.3. The van der Waals surface area contributed by atoms with E-state index in [1.807, 2.05) is 0 Å². The van der Waals surface area contributed by atoms with Gasteiger partial charge in [-0.3, -0.25) is 14.9 Å². The van der Waals surface area contributed by atoms with Gasteiger partial charge in [-0.15, -0.1) is 0 Å². The van der Waals surface area contributed by atoms with Crippen molar-refractivity contribution >= 4 is 23.2 Å². The molecule has 1 amide bonds. The lowest BCUT2D eigenvalue weighted by Gasteiger charge is -2.26. The zero-order valence-corrected chi connectivity index (χ0v) is 11.5. The molecule has 1 aliphatic heterocycles. The van der Waals surface area contributed by atoms with Gasteiger partial charge in [0.15, 0.2) is 0 Å². The number of aliphatic hydroxyl groups excluding tert-OH is 1. The molecule has 0 bridgehead atoms. The summed E-state index contributed by atoms with van der Waals surface area (Å²) in [6.07, 6.45) is -0.655. The summed E-state index contributed by atoms with van der Waals surface area (Å²) in [7, 11) is 1.55. The number of hydrogen-bond donors (Lipinski definition) is 2. The molecule has 0 radical (unpaired) electrons. The highest BCUT2D eigenvalue weighted by molar-refractivity contribution is 6.31. The Morgan fingerprint density at radius 1 is 1.50 bits per heavy atom. The molecule has 2 atom stereocenters. The van der Waals surface area contributed by atoms with Gasteiger partial charge in [0.1, 0.15) is 0 Å². The molecular weight excluding hydrogens is 286 g/mol. The van der Waals surface area contributed by atoms with Crippen molar-refractivity contribution in [1.82, 2.24) is 10.2 Å². The second kappa shape index (κ2) is 5.74. The Kier molecular flexibility index (Phi) is 4.22. The van der Waals surface area contributed by atoms with Crippen molar-refractivity contribution < 1.29 is 14.8 Å². The van der Waals surface area contributed by atoms with Crippen LogP contribution in [0.2, 0.25) is 5.02 Å². The number of halogens is 1. The Hall–Kier alpha value is -1.70. The molecule has 1 saturated heterocycles. The fraction of sp³-hybridized carbons (Fsp3) is 0.417. The van der Waals surface area contributed by atoms with Crippen LogP contribution in [0.1, 0.15) is 10.4 Å². The van der Waals surface area contributed by atoms with Crippen LogP contribution in [0, 0.1) is 10.1 Å². The molecule has 0 aromatic heterocycles. The van der Waals surface area contributed by atoms with Gasteiger partial charge in [0.05, 0.1) is 17.1 Å². The summed E-state index contributed by atoms with van der Waals surface area (Å²) in [6, 6.07) is 3.38. The normalized spacial score (nSPS) is 21.8. The molecule has 0 spiro atoms. The standard InChI is InChI=1S/C12H14ClN3O4/c1-15(10-5-14-6-11(10)17)12(18)7-2-8(13)4-9(3-7)16(19)20/h2-4,10-11,14,17H,5-6H2,1H3/t10-,11-/m1/s1. The van der Waals surface area contributed by atoms with Crippen molar-refractivity contribution in [1.29, 1.82) is 0 Å². The van der Waals surface area contributed by atoms with Crippen molar-refractivity contribution in [2.75, 3.05) is 20.1 Å². The summed E-state index contributed by atoms with van der Waals surface area (Å²) in [6.45, 7) is 0.893. The molecule has 2 rings (SSSR count). The molecule has 1 aliphatic rings. The molecule has 20 heavy (non-hydrogen) atoms. The van der Waals surface area contributed by atoms with Gasteiger partial charge in [0.25, 0.3) is 11.6 Å². The monoisotopic (exact) mass is 299 g/mol. The fourth-order valence-corrected chi connectivity index (χ4v) is 2.43. The van der Waals surface area contributed by atoms with E-state index in [0.29, 0.717) is 13.1 Å². The highest BCUT2D eigenvalue weighted by Crippen LogP contribution is 2.22. The van der Waals surface area contributed by atoms with Crippen LogP contribution in [-0.2, 0) is 0 Å². The Morgan fingerprint density at radius 2 is 2.20 bits per heavy atom. The number of carbonyl (C=O) groups is 1. The van der Waals surface area contributed by atoms with E-state index in [0.717, 1.165) is 0 Å². The molecule has 8 heteroatoms. The molecule has 1 fully saturated rings. The van der Waals surface area contributed by atoms with E-state index in [1.54, 1.807) is 7.05 Å². The van der Waals surface area contributed by atoms with E-state index >= 15 is 0 Å². The van der Waals surface area contributed by atoms with Gasteiger partial charge in [-0.05, 0) is 6.07 Å². The molecular formula is C12H14ClN3O4. The third-order valence-corrected chi connectivity index (χ3v) is 3.53. The van der Waals surface area contributed by atoms with Crippen LogP contribution in [0.5, 0.6) is 0 Å². The fourth-order valence-electron chi connectivity index (χ4n) is 2.20. The van der Waals surface area contributed by atoms with E-state index in [4.69, 9.17) is 11.6 Å². The zero-order valence-electron chi connectivity index (χ0n) is 10.7. The van der Waals surface area contributed by atoms with E-state index in [2.05, 4.69) is 5.32 Å². The average Bonchev–Trinajstić information content (AvgIpc) is 2.82. The number of amides is 1. The number of rotatable bonds is 3. The number of non-ortho nitro benzene ring substituents is 1. The third-order valence-electron chi connectivity index (χ3n) is 3.31. The maximum Gasteiger partial charge on any atom is 0.271 e. The molecule has 108 valence electrons. The number of nitrogens with one attached hydrogen (secondary N) is 1. The van der Waals surface area contributed by atoms with Gasteiger partial charge >= 0.3 is 0 Å². The topological polar surface area (TPSA) is 95.7 Å². The first-order valence-corrected chi connectivity index (χ1v) is 6.39. The molecule has 1 aromatic rings. The van der Waals surface area contributed by atoms with Crippen molar-refractivity contribution in [3.8, 4) is 0 Å². The summed E-state index contributed by atoms with van der Waals surface area (Å²) in [5.74, 6) is -0.414. The van der Waals surface area contributed by atoms with E-state index < -0.39 is 16.9 Å². The van der Waals surface area contributed by atoms with Crippen molar-refractivity contribution in [3.05, 3.63) is 38.9 Å². The average molecular weight is 300 g/mol. The number of nitro benzene ring substituents is 1. The molecule has 2 N–H and O–H groups in total. The molecule has 7 nitrogen and oxygen atoms in total. The Labute approximate surface area is 120 Å². The van der Waals surface area contributed by atoms with Gasteiger partial charge in [-0.2, -0.15) is 0 Å². The van der Waals surface area contributed by atoms with Gasteiger partial charge < -0.3 is 15.3 Å². The minimum absolute atomic E-state index is 0.126. The molecule has 0 saturated carbocycles. The second-order valence-electron chi connectivity index (χ2n) is 4.66. The summed E-state index contributed by atoms with van der Waals surface area (Å²) in [5.41, 5.74) is -0.106. The Morgan fingerprint density at radius 3 is 2.75 bits per heavy atom. The number of hydrogen-bond acceptors (Lipinski definition) is 5. The van der Waals surface area contributed by atoms with Gasteiger partial charge in [-0.1, -0.05) is 11.6 Å². The lowest BCUT2D eigenvalue weighted by Crippen LogP contribution is -2.44. The number of nitro groups is 1. The van der Waals surface area contributed by atoms with Gasteiger partial charge in [0, 0.05) is 42.9 Å². The minimum Gasteiger partial charge on any atom is -0.390 e. The number of nitrogens with zero attached hydrogens (tertiary/aromatic N) is 2. The Bertz CT molecular complexity index is 552. The van der Waals surface area contributed by atoms with Crippen molar-refractivity contribution in [3.63, 3.8) is 0 Å². The van der Waals surface area contributed by atoms with Crippen molar-refractivity contribution in [2.24, 2.45) is 0 Å². The zero-order chi connectivity index (χ0) is 14.9. The van der Waals surface area contributed by atoms with E-state index in [-0.39, 0.29) is 22.3 Å². The quantitative estimate of drug-likeness (QED) is 0.631. The van der Waals surface area contributed by atoms with Crippen LogP contribution in [0.4, 0.5) is 5.69 Å². The number of aliphatic hydroxyl groups is 1. The van der Waals surface area contributed by atoms with Gasteiger partial charge in [-0.25, -0.2) is 0 Å². The number of carbonyl (C=O) groups excluding carboxylic acids is 1. The molecule has 1 aromatic carbocycles. The van der Waals surface area contributed by atoms with E-state index in [9.17, 15) is 20.0 Å². The first kappa shape index (κ1) is 14.7. The number of β-amino-alcohol motifs (C(OH)–C–C–N with tert-alkyl or cyclic N) is 1. The van der Waals surface area contributed by atoms with Crippen LogP contribution in [-0.4, -0.2) is 53.1 Å². The highest BCUT2D eigenvalue weighted by Gasteiger charge is 2.32. The number of benzene rings is 1. The largest absolute Gasteiger partial charge is 0.390 e. The number of likely N-dealkylation sites (N-methyl/N-ethyl adjacent to an activating group) is 1. The van der Waals surface area contributed by atoms with Crippen LogP contribution >= 0.6 is 11.6 Å². The van der Waals surface area contributed by atoms with E-state index in [1.165, 1.54) is 23.1 Å². The van der Waals surface area contributed by atoms with Crippen LogP contribution in [0.3, 0.4) is 0 Å². The molecule has 0 aliphatic carbocycles. The highest BCUT2D eigenvalue weighted by atomic mass is 35.5. The molecule has 0 unspecified atom stereocenters. The summed E-state index contributed by atoms with van der Waals surface area (Å²) < 4.78 is 0. The lowest BCUT2D eigenvalue weighted by molar-refractivity contribution is -0.384. The smallest absolute Gasteiger partial charge is 0.271 e. The predicted octanol–water partition coefficient (Wildman–Crippen LogP) is 0.653. The van der Waals surface area contributed by atoms with Crippen LogP contribution in [0.15, 0.2) is 18.2 Å². The molecule has 1 heterocycles. The van der Waals surface area contributed by atoms with Crippen molar-refractivity contribution in [2.45, 2.75) is 12.1 Å². The first-order chi connectivity index (χ1) is 9.40. The lowest BCUT2D eigenvalue weighted by atomic mass is 10.1. The van der Waals surface area contributed by atoms with Crippen LogP contribution in [0.25, 0.3) is 0 Å². The Balaban J connectivity index is 2.26. The SMILES string of the molecule is CN(C(=O)c1cc(Cl)cc([N+](=O)[O-])c1)[C@@H]1CNC[C@H]1O. The maximum atomic E-state index is 12.3. The summed E-state index contributed by atoms with van der Waals surface area (Å²) in [4.78, 5) is 23.9. The first-order valence-electron chi connectivity index (χ1n) is 6.01. The second-order valence-corrected chi connectivity index (χ2v) is 5.10. The van der Waals surface area contributed by atoms with Gasteiger partial charge in [0.2, 0.25) is 0 Å². The third kappa shape index (κ3) is 2.90. The predicted molar refractivity (Wildman–Crippen MR) is 72.9 cm³/mol. The minimum atomic E-state index is -0.655. The summed E-state index contributed by atoms with van der Waals surface area (Å²) >= 11 is 5.79.